The smallest absolute Gasteiger partial charge is 0.134 e. The van der Waals surface area contributed by atoms with E-state index in [2.05, 4.69) is 20.8 Å². The third kappa shape index (κ3) is 3.35. The van der Waals surface area contributed by atoms with Gasteiger partial charge in [0.15, 0.2) is 0 Å². The highest BCUT2D eigenvalue weighted by Gasteiger charge is 2.15. The molecule has 0 saturated heterocycles. The molecule has 0 aliphatic rings. The molecule has 0 aliphatic carbocycles. The molecule has 0 atom stereocenters. The first-order chi connectivity index (χ1) is 6.80. The molecule has 2 heteroatoms. The molecule has 0 fully saturated rings. The summed E-state index contributed by atoms with van der Waals surface area (Å²) >= 11 is 6.04. The topological polar surface area (TPSA) is 17.1 Å². The SMILES string of the molecule is CC(=O)Cc1cc(C(C)(C)C)ccc1Cl. The van der Waals surface area contributed by atoms with Gasteiger partial charge >= 0.3 is 0 Å². The quantitative estimate of drug-likeness (QED) is 0.748. The van der Waals surface area contributed by atoms with E-state index in [9.17, 15) is 4.79 Å². The van der Waals surface area contributed by atoms with Gasteiger partial charge in [0.1, 0.15) is 5.78 Å². The van der Waals surface area contributed by atoms with Crippen LogP contribution in [0.5, 0.6) is 0 Å². The Hall–Kier alpha value is -0.820. The molecule has 0 bridgehead atoms. The Morgan fingerprint density at radius 2 is 1.93 bits per heavy atom. The van der Waals surface area contributed by atoms with Gasteiger partial charge in [0.05, 0.1) is 0 Å². The largest absolute Gasteiger partial charge is 0.300 e. The van der Waals surface area contributed by atoms with E-state index in [4.69, 9.17) is 11.6 Å². The molecule has 0 radical (unpaired) electrons. The van der Waals surface area contributed by atoms with Gasteiger partial charge in [-0.15, -0.1) is 0 Å². The fourth-order valence-corrected chi connectivity index (χ4v) is 1.63. The van der Waals surface area contributed by atoms with E-state index < -0.39 is 0 Å². The monoisotopic (exact) mass is 224 g/mol. The predicted molar refractivity (Wildman–Crippen MR) is 64.5 cm³/mol. The van der Waals surface area contributed by atoms with Gasteiger partial charge in [0.25, 0.3) is 0 Å². The molecule has 0 aromatic heterocycles. The number of Topliss-reactive ketones (excluding diaryl/α,β-unsaturated/α-hetero) is 1. The van der Waals surface area contributed by atoms with Crippen molar-refractivity contribution in [3.63, 3.8) is 0 Å². The number of carbonyl (C=O) groups is 1. The molecule has 1 aromatic carbocycles. The lowest BCUT2D eigenvalue weighted by Gasteiger charge is -2.20. The summed E-state index contributed by atoms with van der Waals surface area (Å²) < 4.78 is 0. The van der Waals surface area contributed by atoms with Crippen molar-refractivity contribution in [2.75, 3.05) is 0 Å². The van der Waals surface area contributed by atoms with Gasteiger partial charge < -0.3 is 0 Å². The molecule has 1 aromatic rings. The molecule has 1 nitrogen and oxygen atoms in total. The summed E-state index contributed by atoms with van der Waals surface area (Å²) in [6, 6.07) is 5.93. The predicted octanol–water partition coefficient (Wildman–Crippen LogP) is 3.77. The van der Waals surface area contributed by atoms with Crippen LogP contribution in [0.2, 0.25) is 5.02 Å². The highest BCUT2D eigenvalue weighted by Crippen LogP contribution is 2.27. The van der Waals surface area contributed by atoms with Gasteiger partial charge in [-0.05, 0) is 29.5 Å². The minimum atomic E-state index is 0.0934. The van der Waals surface area contributed by atoms with Crippen molar-refractivity contribution in [3.8, 4) is 0 Å². The van der Waals surface area contributed by atoms with Crippen LogP contribution in [-0.2, 0) is 16.6 Å². The van der Waals surface area contributed by atoms with Crippen molar-refractivity contribution in [3.05, 3.63) is 34.3 Å². The zero-order valence-corrected chi connectivity index (χ0v) is 10.5. The Kier molecular flexibility index (Phi) is 3.56. The zero-order valence-electron chi connectivity index (χ0n) is 9.73. The number of hydrogen-bond acceptors (Lipinski definition) is 1. The first kappa shape index (κ1) is 12.3. The van der Waals surface area contributed by atoms with Gasteiger partial charge in [-0.1, -0.05) is 44.5 Å². The number of carbonyl (C=O) groups excluding carboxylic acids is 1. The molecule has 0 unspecified atom stereocenters. The van der Waals surface area contributed by atoms with Gasteiger partial charge in [-0.2, -0.15) is 0 Å². The van der Waals surface area contributed by atoms with Crippen LogP contribution in [0.25, 0.3) is 0 Å². The minimum Gasteiger partial charge on any atom is -0.300 e. The first-order valence-electron chi connectivity index (χ1n) is 5.09. The van der Waals surface area contributed by atoms with Gasteiger partial charge in [-0.3, -0.25) is 4.79 Å². The number of rotatable bonds is 2. The molecule has 1 rings (SSSR count). The second-order valence-electron chi connectivity index (χ2n) is 4.93. The molecule has 0 spiro atoms. The van der Waals surface area contributed by atoms with Gasteiger partial charge in [0.2, 0.25) is 0 Å². The molecular weight excluding hydrogens is 208 g/mol. The van der Waals surface area contributed by atoms with Crippen molar-refractivity contribution in [2.45, 2.75) is 39.5 Å². The van der Waals surface area contributed by atoms with Crippen molar-refractivity contribution in [1.82, 2.24) is 0 Å². The molecule has 0 saturated carbocycles. The molecular formula is C13H17ClO. The maximum Gasteiger partial charge on any atom is 0.134 e. The van der Waals surface area contributed by atoms with E-state index in [1.807, 2.05) is 18.2 Å². The molecule has 82 valence electrons. The highest BCUT2D eigenvalue weighted by atomic mass is 35.5. The zero-order chi connectivity index (χ0) is 11.6. The van der Waals surface area contributed by atoms with E-state index in [1.54, 1.807) is 6.92 Å². The minimum absolute atomic E-state index is 0.0934. The second kappa shape index (κ2) is 4.36. The van der Waals surface area contributed by atoms with Gasteiger partial charge in [-0.25, -0.2) is 0 Å². The normalized spacial score (nSPS) is 11.5. The van der Waals surface area contributed by atoms with E-state index in [1.165, 1.54) is 5.56 Å². The lowest BCUT2D eigenvalue weighted by molar-refractivity contribution is -0.116. The maximum absolute atomic E-state index is 11.1. The lowest BCUT2D eigenvalue weighted by Crippen LogP contribution is -2.12. The summed E-state index contributed by atoms with van der Waals surface area (Å²) in [7, 11) is 0. The van der Waals surface area contributed by atoms with E-state index in [-0.39, 0.29) is 11.2 Å². The molecule has 0 N–H and O–H groups in total. The standard InChI is InChI=1S/C13H17ClO/c1-9(15)7-10-8-11(13(2,3)4)5-6-12(10)14/h5-6,8H,7H2,1-4H3. The Labute approximate surface area is 96.5 Å². The molecule has 0 amide bonds. The fraction of sp³-hybridized carbons (Fsp3) is 0.462. The Bertz CT molecular complexity index is 375. The Morgan fingerprint density at radius 1 is 1.33 bits per heavy atom. The third-order valence-electron chi connectivity index (χ3n) is 2.35. The van der Waals surface area contributed by atoms with Crippen molar-refractivity contribution in [2.24, 2.45) is 0 Å². The van der Waals surface area contributed by atoms with E-state index in [0.29, 0.717) is 11.4 Å². The summed E-state index contributed by atoms with van der Waals surface area (Å²) in [5, 5.41) is 0.679. The van der Waals surface area contributed by atoms with Crippen LogP contribution >= 0.6 is 11.6 Å². The summed E-state index contributed by atoms with van der Waals surface area (Å²) in [6.45, 7) is 8.02. The van der Waals surface area contributed by atoms with Crippen LogP contribution in [0.4, 0.5) is 0 Å². The lowest BCUT2D eigenvalue weighted by atomic mass is 9.86. The number of ketones is 1. The van der Waals surface area contributed by atoms with Crippen molar-refractivity contribution < 1.29 is 4.79 Å². The Morgan fingerprint density at radius 3 is 2.40 bits per heavy atom. The average Bonchev–Trinajstić information content (AvgIpc) is 2.06. The van der Waals surface area contributed by atoms with Crippen LogP contribution in [0.1, 0.15) is 38.8 Å². The summed E-state index contributed by atoms with van der Waals surface area (Å²) in [4.78, 5) is 11.1. The van der Waals surface area contributed by atoms with Crippen LogP contribution < -0.4 is 0 Å². The van der Waals surface area contributed by atoms with Crippen LogP contribution in [0, 0.1) is 0 Å². The van der Waals surface area contributed by atoms with Crippen LogP contribution in [0.3, 0.4) is 0 Å². The van der Waals surface area contributed by atoms with Crippen molar-refractivity contribution >= 4 is 17.4 Å². The molecule has 0 heterocycles. The molecule has 15 heavy (non-hydrogen) atoms. The van der Waals surface area contributed by atoms with E-state index in [0.717, 1.165) is 5.56 Å². The molecule has 0 aliphatic heterocycles. The Balaban J connectivity index is 3.11. The first-order valence-corrected chi connectivity index (χ1v) is 5.47. The number of halogens is 1. The average molecular weight is 225 g/mol. The summed E-state index contributed by atoms with van der Waals surface area (Å²) in [5.41, 5.74) is 2.23. The number of benzene rings is 1. The van der Waals surface area contributed by atoms with Crippen molar-refractivity contribution in [1.29, 1.82) is 0 Å². The van der Waals surface area contributed by atoms with Crippen LogP contribution in [-0.4, -0.2) is 5.78 Å². The van der Waals surface area contributed by atoms with Gasteiger partial charge in [0, 0.05) is 11.4 Å². The fourth-order valence-electron chi connectivity index (χ4n) is 1.44. The maximum atomic E-state index is 11.1. The number of hydrogen-bond donors (Lipinski definition) is 0. The summed E-state index contributed by atoms with van der Waals surface area (Å²) in [6.07, 6.45) is 0.419. The van der Waals surface area contributed by atoms with Crippen LogP contribution in [0.15, 0.2) is 18.2 Å². The summed E-state index contributed by atoms with van der Waals surface area (Å²) in [5.74, 6) is 0.142. The van der Waals surface area contributed by atoms with E-state index >= 15 is 0 Å². The third-order valence-corrected chi connectivity index (χ3v) is 2.72. The second-order valence-corrected chi connectivity index (χ2v) is 5.34. The highest BCUT2D eigenvalue weighted by molar-refractivity contribution is 6.31.